The maximum atomic E-state index is 10.4. The van der Waals surface area contributed by atoms with Crippen molar-refractivity contribution in [1.29, 1.82) is 0 Å². The Morgan fingerprint density at radius 2 is 2.41 bits per heavy atom. The molecule has 0 saturated carbocycles. The molecule has 17 heavy (non-hydrogen) atoms. The number of hydrogen-bond donors (Lipinski definition) is 1. The number of nitrogens with zero attached hydrogens (tertiary/aromatic N) is 2. The van der Waals surface area contributed by atoms with Crippen molar-refractivity contribution >= 4 is 38.9 Å². The average molecular weight is 336 g/mol. The molecule has 0 aliphatic carbocycles. The lowest BCUT2D eigenvalue weighted by Crippen LogP contribution is -2.10. The third kappa shape index (κ3) is 2.57. The van der Waals surface area contributed by atoms with Crippen LogP contribution in [-0.4, -0.2) is 14.9 Å². The number of hydrogen-bond acceptors (Lipinski definition) is 3. The van der Waals surface area contributed by atoms with Gasteiger partial charge in [0.05, 0.1) is 26.3 Å². The molecule has 0 bridgehead atoms. The molecule has 0 saturated heterocycles. The summed E-state index contributed by atoms with van der Waals surface area (Å²) in [4.78, 5) is 0.755. The Balaban J connectivity index is 2.39. The molecule has 2 rings (SSSR count). The van der Waals surface area contributed by atoms with Crippen LogP contribution in [-0.2, 0) is 6.54 Å². The Bertz CT molecular complexity index is 511. The van der Waals surface area contributed by atoms with Gasteiger partial charge in [0.15, 0.2) is 0 Å². The minimum absolute atomic E-state index is 0.596. The Morgan fingerprint density at radius 3 is 3.00 bits per heavy atom. The van der Waals surface area contributed by atoms with Crippen molar-refractivity contribution in [3.05, 3.63) is 37.7 Å². The van der Waals surface area contributed by atoms with Crippen molar-refractivity contribution in [3.8, 4) is 0 Å². The topological polar surface area (TPSA) is 38.0 Å². The number of rotatable bonds is 4. The summed E-state index contributed by atoms with van der Waals surface area (Å²) < 4.78 is 2.62. The van der Waals surface area contributed by atoms with Crippen LogP contribution in [0.3, 0.4) is 0 Å². The molecule has 1 N–H and O–H groups in total. The molecular formula is C11H12BrClN2OS. The van der Waals surface area contributed by atoms with E-state index in [4.69, 9.17) is 11.6 Å². The lowest BCUT2D eigenvalue weighted by atomic mass is 10.2. The number of aromatic nitrogens is 2. The minimum atomic E-state index is -0.731. The maximum absolute atomic E-state index is 10.4. The molecule has 0 aliphatic rings. The van der Waals surface area contributed by atoms with E-state index < -0.39 is 6.10 Å². The lowest BCUT2D eigenvalue weighted by molar-refractivity contribution is 0.210. The van der Waals surface area contributed by atoms with E-state index in [1.165, 1.54) is 11.3 Å². The highest BCUT2D eigenvalue weighted by atomic mass is 79.9. The van der Waals surface area contributed by atoms with Crippen molar-refractivity contribution in [2.45, 2.75) is 26.0 Å². The Kier molecular flexibility index (Phi) is 4.25. The second-order valence-electron chi connectivity index (χ2n) is 3.64. The number of thiophene rings is 1. The van der Waals surface area contributed by atoms with Gasteiger partial charge in [-0.2, -0.15) is 5.10 Å². The van der Waals surface area contributed by atoms with Gasteiger partial charge < -0.3 is 5.11 Å². The first-order chi connectivity index (χ1) is 8.15. The van der Waals surface area contributed by atoms with Crippen LogP contribution < -0.4 is 0 Å². The summed E-state index contributed by atoms with van der Waals surface area (Å²) in [6.45, 7) is 2.85. The quantitative estimate of drug-likeness (QED) is 0.921. The van der Waals surface area contributed by atoms with Crippen LogP contribution in [0, 0.1) is 0 Å². The van der Waals surface area contributed by atoms with Gasteiger partial charge in [-0.25, -0.2) is 0 Å². The van der Waals surface area contributed by atoms with Crippen molar-refractivity contribution < 1.29 is 5.11 Å². The van der Waals surface area contributed by atoms with Gasteiger partial charge in [-0.1, -0.05) is 18.5 Å². The number of aryl methyl sites for hydroxylation is 1. The summed E-state index contributed by atoms with van der Waals surface area (Å²) in [5.41, 5.74) is 0.760. The highest BCUT2D eigenvalue weighted by Crippen LogP contribution is 2.35. The van der Waals surface area contributed by atoms with Gasteiger partial charge in [0, 0.05) is 6.54 Å². The fourth-order valence-electron chi connectivity index (χ4n) is 1.66. The van der Waals surface area contributed by atoms with Crippen LogP contribution in [0.5, 0.6) is 0 Å². The molecule has 3 nitrogen and oxygen atoms in total. The van der Waals surface area contributed by atoms with E-state index in [1.54, 1.807) is 12.3 Å². The normalized spacial score (nSPS) is 12.9. The molecule has 0 aliphatic heterocycles. The SMILES string of the molecule is CCCn1ncc(Br)c1C(O)c1sccc1Cl. The third-order valence-electron chi connectivity index (χ3n) is 2.42. The van der Waals surface area contributed by atoms with Crippen molar-refractivity contribution in [3.63, 3.8) is 0 Å². The molecule has 2 aromatic rings. The van der Waals surface area contributed by atoms with Gasteiger partial charge in [-0.05, 0) is 33.8 Å². The van der Waals surface area contributed by atoms with E-state index in [9.17, 15) is 5.11 Å². The van der Waals surface area contributed by atoms with Gasteiger partial charge in [0.25, 0.3) is 0 Å². The van der Waals surface area contributed by atoms with Gasteiger partial charge >= 0.3 is 0 Å². The van der Waals surface area contributed by atoms with Gasteiger partial charge in [0.1, 0.15) is 6.10 Å². The molecule has 1 unspecified atom stereocenters. The van der Waals surface area contributed by atoms with Crippen LogP contribution in [0.25, 0.3) is 0 Å². The number of halogens is 2. The Labute approximate surface area is 117 Å². The van der Waals surface area contributed by atoms with E-state index in [0.29, 0.717) is 5.02 Å². The standard InChI is InChI=1S/C11H12BrClN2OS/c1-2-4-15-9(7(12)6-14-15)10(16)11-8(13)3-5-17-11/h3,5-6,10,16H,2,4H2,1H3. The molecule has 0 fully saturated rings. The monoisotopic (exact) mass is 334 g/mol. The summed E-state index contributed by atoms with van der Waals surface area (Å²) in [6.07, 6.45) is 1.94. The van der Waals surface area contributed by atoms with Gasteiger partial charge in [-0.15, -0.1) is 11.3 Å². The molecule has 2 heterocycles. The first kappa shape index (κ1) is 13.1. The van der Waals surface area contributed by atoms with Crippen molar-refractivity contribution in [2.75, 3.05) is 0 Å². The smallest absolute Gasteiger partial charge is 0.132 e. The van der Waals surface area contributed by atoms with Crippen molar-refractivity contribution in [2.24, 2.45) is 0 Å². The third-order valence-corrected chi connectivity index (χ3v) is 4.44. The summed E-state index contributed by atoms with van der Waals surface area (Å²) in [7, 11) is 0. The Hall–Kier alpha value is -0.360. The van der Waals surface area contributed by atoms with E-state index >= 15 is 0 Å². The molecular weight excluding hydrogens is 324 g/mol. The molecule has 6 heteroatoms. The second-order valence-corrected chi connectivity index (χ2v) is 5.85. The highest BCUT2D eigenvalue weighted by molar-refractivity contribution is 9.10. The van der Waals surface area contributed by atoms with Crippen LogP contribution in [0.15, 0.2) is 22.1 Å². The summed E-state index contributed by atoms with van der Waals surface area (Å²) in [5, 5.41) is 17.1. The molecule has 92 valence electrons. The number of aliphatic hydroxyl groups excluding tert-OH is 1. The molecule has 2 aromatic heterocycles. The largest absolute Gasteiger partial charge is 0.381 e. The van der Waals surface area contributed by atoms with E-state index in [0.717, 1.165) is 28.0 Å². The first-order valence-electron chi connectivity index (χ1n) is 5.27. The van der Waals surface area contributed by atoms with Crippen molar-refractivity contribution in [1.82, 2.24) is 9.78 Å². The van der Waals surface area contributed by atoms with Crippen LogP contribution >= 0.6 is 38.9 Å². The average Bonchev–Trinajstić information content (AvgIpc) is 2.86. The zero-order chi connectivity index (χ0) is 12.4. The van der Waals surface area contributed by atoms with Crippen LogP contribution in [0.2, 0.25) is 5.02 Å². The molecule has 0 amide bonds. The fraction of sp³-hybridized carbons (Fsp3) is 0.364. The summed E-state index contributed by atoms with van der Waals surface area (Å²) >= 11 is 10.9. The van der Waals surface area contributed by atoms with Gasteiger partial charge in [-0.3, -0.25) is 4.68 Å². The summed E-state index contributed by atoms with van der Waals surface area (Å²) in [6, 6.07) is 1.79. The molecule has 0 spiro atoms. The molecule has 0 aromatic carbocycles. The molecule has 0 radical (unpaired) electrons. The predicted octanol–water partition coefficient (Wildman–Crippen LogP) is 3.85. The van der Waals surface area contributed by atoms with Gasteiger partial charge in [0.2, 0.25) is 0 Å². The Morgan fingerprint density at radius 1 is 1.65 bits per heavy atom. The highest BCUT2D eigenvalue weighted by Gasteiger charge is 2.22. The first-order valence-corrected chi connectivity index (χ1v) is 7.32. The lowest BCUT2D eigenvalue weighted by Gasteiger charge is -2.13. The minimum Gasteiger partial charge on any atom is -0.381 e. The number of aliphatic hydroxyl groups is 1. The van der Waals surface area contributed by atoms with E-state index in [-0.39, 0.29) is 0 Å². The fourth-order valence-corrected chi connectivity index (χ4v) is 3.32. The predicted molar refractivity (Wildman–Crippen MR) is 73.6 cm³/mol. The zero-order valence-corrected chi connectivity index (χ0v) is 12.4. The molecule has 1 atom stereocenters. The van der Waals surface area contributed by atoms with E-state index in [2.05, 4.69) is 28.0 Å². The zero-order valence-electron chi connectivity index (χ0n) is 9.23. The maximum Gasteiger partial charge on any atom is 0.132 e. The van der Waals surface area contributed by atoms with Crippen LogP contribution in [0.1, 0.15) is 30.0 Å². The van der Waals surface area contributed by atoms with E-state index in [1.807, 2.05) is 10.1 Å². The summed E-state index contributed by atoms with van der Waals surface area (Å²) in [5.74, 6) is 0. The van der Waals surface area contributed by atoms with Crippen LogP contribution in [0.4, 0.5) is 0 Å². The second kappa shape index (κ2) is 5.52.